The van der Waals surface area contributed by atoms with E-state index >= 15 is 0 Å². The van der Waals surface area contributed by atoms with Crippen molar-refractivity contribution in [2.24, 2.45) is 39.8 Å². The summed E-state index contributed by atoms with van der Waals surface area (Å²) in [6.07, 6.45) is 10.3. The van der Waals surface area contributed by atoms with E-state index in [4.69, 9.17) is 4.99 Å². The monoisotopic (exact) mass is 362 g/mol. The van der Waals surface area contributed by atoms with Gasteiger partial charge >= 0.3 is 0 Å². The Balaban J connectivity index is 1.65. The lowest BCUT2D eigenvalue weighted by Gasteiger charge is -2.40. The molecule has 2 aliphatic carbocycles. The third kappa shape index (κ3) is 4.41. The van der Waals surface area contributed by atoms with E-state index in [9.17, 15) is 14.8 Å². The number of nitroso groups, excluding NO2 is 1. The summed E-state index contributed by atoms with van der Waals surface area (Å²) in [6.45, 7) is 4.39. The van der Waals surface area contributed by atoms with Gasteiger partial charge in [-0.3, -0.25) is 9.79 Å². The van der Waals surface area contributed by atoms with E-state index in [-0.39, 0.29) is 18.1 Å². The molecule has 0 aromatic rings. The van der Waals surface area contributed by atoms with Crippen molar-refractivity contribution in [1.82, 2.24) is 0 Å². The zero-order chi connectivity index (χ0) is 18.7. The molecule has 146 valence electrons. The van der Waals surface area contributed by atoms with E-state index in [1.807, 2.05) is 0 Å². The Morgan fingerprint density at radius 1 is 1.12 bits per heavy atom. The smallest absolute Gasteiger partial charge is 0.289 e. The summed E-state index contributed by atoms with van der Waals surface area (Å²) in [7, 11) is 0. The fraction of sp³-hybridized carbons (Fsp3) is 0.905. The predicted molar refractivity (Wildman–Crippen MR) is 103 cm³/mol. The lowest BCUT2D eigenvalue weighted by atomic mass is 9.66. The molecule has 3 rings (SSSR count). The number of amides is 1. The van der Waals surface area contributed by atoms with Gasteiger partial charge in [0.25, 0.3) is 5.91 Å². The molecule has 1 N–H and O–H groups in total. The molecule has 4 unspecified atom stereocenters. The number of aliphatic imine (C=N–C) groups is 1. The maximum atomic E-state index is 11.7. The van der Waals surface area contributed by atoms with Crippen LogP contribution in [0.5, 0.6) is 0 Å². The lowest BCUT2D eigenvalue weighted by Crippen LogP contribution is -2.39. The second-order valence-electron chi connectivity index (χ2n) is 9.11. The van der Waals surface area contributed by atoms with Crippen LogP contribution in [0.25, 0.3) is 0 Å². The minimum atomic E-state index is -0.474. The van der Waals surface area contributed by atoms with Crippen molar-refractivity contribution in [1.29, 1.82) is 0 Å². The number of rotatable bonds is 4. The van der Waals surface area contributed by atoms with E-state index in [0.717, 1.165) is 32.1 Å². The number of aliphatic hydroxyl groups excluding tert-OH is 1. The molecule has 3 aliphatic rings. The summed E-state index contributed by atoms with van der Waals surface area (Å²) in [5.74, 6) is 1.19. The fourth-order valence-corrected chi connectivity index (χ4v) is 5.75. The molecule has 0 aromatic heterocycles. The second kappa shape index (κ2) is 8.73. The number of carbonyl (C=O) groups is 1. The maximum Gasteiger partial charge on any atom is 0.289 e. The number of aliphatic hydroxyl groups is 1. The van der Waals surface area contributed by atoms with Crippen LogP contribution >= 0.6 is 0 Å². The first-order chi connectivity index (χ1) is 12.5. The molecule has 1 amide bonds. The highest BCUT2D eigenvalue weighted by Crippen LogP contribution is 2.41. The minimum absolute atomic E-state index is 0.0989. The molecule has 0 radical (unpaired) electrons. The van der Waals surface area contributed by atoms with Gasteiger partial charge in [-0.1, -0.05) is 33.1 Å². The van der Waals surface area contributed by atoms with Crippen LogP contribution in [0.2, 0.25) is 0 Å². The zero-order valence-corrected chi connectivity index (χ0v) is 16.3. The summed E-state index contributed by atoms with van der Waals surface area (Å²) in [5, 5.41) is 13.1. The van der Waals surface area contributed by atoms with Crippen LogP contribution in [0, 0.1) is 34.5 Å². The van der Waals surface area contributed by atoms with Crippen molar-refractivity contribution >= 4 is 11.6 Å². The molecule has 4 atom stereocenters. The summed E-state index contributed by atoms with van der Waals surface area (Å²) in [6, 6.07) is 0.0989. The fourth-order valence-electron chi connectivity index (χ4n) is 5.75. The highest BCUT2D eigenvalue weighted by Gasteiger charge is 2.38. The van der Waals surface area contributed by atoms with Crippen molar-refractivity contribution in [3.8, 4) is 0 Å². The van der Waals surface area contributed by atoms with Gasteiger partial charge in [-0.05, 0) is 68.6 Å². The summed E-state index contributed by atoms with van der Waals surface area (Å²) in [4.78, 5) is 27.3. The normalized spacial score (nSPS) is 39.3. The van der Waals surface area contributed by atoms with Gasteiger partial charge in [0.2, 0.25) is 0 Å². The van der Waals surface area contributed by atoms with Crippen molar-refractivity contribution in [3.05, 3.63) is 4.91 Å². The molecular formula is C21H34N2O3. The molecule has 0 bridgehead atoms. The molecule has 1 heterocycles. The highest BCUT2D eigenvalue weighted by molar-refractivity contribution is 5.85. The number of hydrogen-bond donors (Lipinski definition) is 1. The quantitative estimate of drug-likeness (QED) is 0.747. The molecule has 2 saturated carbocycles. The molecule has 0 saturated heterocycles. The number of carbonyl (C=O) groups excluding carboxylic acids is 1. The molecule has 2 fully saturated rings. The lowest BCUT2D eigenvalue weighted by molar-refractivity contribution is -0.124. The molecule has 0 aromatic carbocycles. The molecule has 5 nitrogen and oxygen atoms in total. The first-order valence-electron chi connectivity index (χ1n) is 10.6. The topological polar surface area (TPSA) is 79.1 Å². The largest absolute Gasteiger partial charge is 0.391 e. The highest BCUT2D eigenvalue weighted by atomic mass is 16.3. The zero-order valence-electron chi connectivity index (χ0n) is 16.3. The first-order valence-corrected chi connectivity index (χ1v) is 10.6. The van der Waals surface area contributed by atoms with Crippen LogP contribution in [-0.4, -0.2) is 28.9 Å². The maximum absolute atomic E-state index is 11.7. The third-order valence-corrected chi connectivity index (χ3v) is 7.27. The van der Waals surface area contributed by atoms with Gasteiger partial charge in [-0.15, -0.1) is 4.91 Å². The van der Waals surface area contributed by atoms with Crippen LogP contribution < -0.4 is 0 Å². The second-order valence-corrected chi connectivity index (χ2v) is 9.11. The van der Waals surface area contributed by atoms with E-state index in [1.54, 1.807) is 0 Å². The van der Waals surface area contributed by atoms with E-state index in [1.165, 1.54) is 37.8 Å². The van der Waals surface area contributed by atoms with E-state index < -0.39 is 5.91 Å². The SMILES string of the molecule is CC1CC(C(=O)N=O)CC(C)C1CC1=NC(C2CCCCC2)C(O)CC1. The summed E-state index contributed by atoms with van der Waals surface area (Å²) < 4.78 is 0. The molecule has 1 aliphatic heterocycles. The molecular weight excluding hydrogens is 328 g/mol. The molecule has 26 heavy (non-hydrogen) atoms. The number of hydrogen-bond acceptors (Lipinski definition) is 4. The van der Waals surface area contributed by atoms with Crippen molar-refractivity contribution in [3.63, 3.8) is 0 Å². The van der Waals surface area contributed by atoms with Gasteiger partial charge in [0, 0.05) is 16.8 Å². The van der Waals surface area contributed by atoms with Gasteiger partial charge in [0.05, 0.1) is 12.1 Å². The Hall–Kier alpha value is -1.10. The van der Waals surface area contributed by atoms with Gasteiger partial charge < -0.3 is 5.11 Å². The van der Waals surface area contributed by atoms with Gasteiger partial charge in [0.15, 0.2) is 0 Å². The average Bonchev–Trinajstić information content (AvgIpc) is 2.65. The van der Waals surface area contributed by atoms with Crippen LogP contribution in [0.4, 0.5) is 0 Å². The van der Waals surface area contributed by atoms with Crippen LogP contribution in [0.15, 0.2) is 10.2 Å². The Morgan fingerprint density at radius 3 is 2.38 bits per heavy atom. The Morgan fingerprint density at radius 2 is 1.77 bits per heavy atom. The van der Waals surface area contributed by atoms with Gasteiger partial charge in [-0.25, -0.2) is 0 Å². The Kier molecular flexibility index (Phi) is 6.60. The molecule has 5 heteroatoms. The Bertz CT molecular complexity index is 529. The third-order valence-electron chi connectivity index (χ3n) is 7.27. The first kappa shape index (κ1) is 19.7. The number of nitrogens with zero attached hydrogens (tertiary/aromatic N) is 2. The van der Waals surface area contributed by atoms with E-state index in [2.05, 4.69) is 19.0 Å². The van der Waals surface area contributed by atoms with Crippen LogP contribution in [0.3, 0.4) is 0 Å². The van der Waals surface area contributed by atoms with Crippen molar-refractivity contribution in [2.45, 2.75) is 90.2 Å². The predicted octanol–water partition coefficient (Wildman–Crippen LogP) is 4.51. The van der Waals surface area contributed by atoms with Gasteiger partial charge in [0.1, 0.15) is 0 Å². The van der Waals surface area contributed by atoms with Crippen molar-refractivity contribution < 1.29 is 9.90 Å². The van der Waals surface area contributed by atoms with Crippen LogP contribution in [0.1, 0.15) is 78.1 Å². The van der Waals surface area contributed by atoms with Crippen LogP contribution in [-0.2, 0) is 4.79 Å². The summed E-state index contributed by atoms with van der Waals surface area (Å²) in [5.41, 5.74) is 1.27. The molecule has 0 spiro atoms. The van der Waals surface area contributed by atoms with E-state index in [0.29, 0.717) is 23.7 Å². The Labute approximate surface area is 157 Å². The standard InChI is InChI=1S/C21H34N2O3/c1-13-10-16(21(25)23-26)11-14(2)18(13)12-17-8-9-19(24)20(22-17)15-6-4-3-5-7-15/h13-16,18-20,24H,3-12H2,1-2H3. The minimum Gasteiger partial charge on any atom is -0.391 e. The average molecular weight is 363 g/mol. The van der Waals surface area contributed by atoms with Gasteiger partial charge in [-0.2, -0.15) is 0 Å². The summed E-state index contributed by atoms with van der Waals surface area (Å²) >= 11 is 0. The van der Waals surface area contributed by atoms with Crippen molar-refractivity contribution in [2.75, 3.05) is 0 Å².